The van der Waals surface area contributed by atoms with Crippen LogP contribution >= 0.6 is 0 Å². The Morgan fingerprint density at radius 1 is 1.11 bits per heavy atom. The van der Waals surface area contributed by atoms with Gasteiger partial charge in [0.15, 0.2) is 0 Å². The summed E-state index contributed by atoms with van der Waals surface area (Å²) in [5.41, 5.74) is 2.49. The maximum absolute atomic E-state index is 9.84. The summed E-state index contributed by atoms with van der Waals surface area (Å²) in [4.78, 5) is 0. The maximum Gasteiger partial charge on any atom is 0.119 e. The lowest BCUT2D eigenvalue weighted by Crippen LogP contribution is -2.27. The normalized spacial score (nSPS) is 24.1. The Balaban J connectivity index is 1.60. The van der Waals surface area contributed by atoms with Gasteiger partial charge >= 0.3 is 0 Å². The minimum atomic E-state index is 0.467. The third-order valence-corrected chi connectivity index (χ3v) is 4.62. The highest BCUT2D eigenvalue weighted by Gasteiger charge is 2.25. The van der Waals surface area contributed by atoms with Gasteiger partial charge in [0.1, 0.15) is 5.75 Å². The summed E-state index contributed by atoms with van der Waals surface area (Å²) in [7, 11) is 0. The van der Waals surface area contributed by atoms with Crippen molar-refractivity contribution in [3.8, 4) is 5.75 Å². The second-order valence-corrected chi connectivity index (χ2v) is 5.85. The fraction of sp³-hybridized carbons (Fsp3) is 0.625. The molecule has 0 spiro atoms. The summed E-state index contributed by atoms with van der Waals surface area (Å²) in [6, 6.07) is 6.41. The van der Waals surface area contributed by atoms with E-state index >= 15 is 0 Å². The fourth-order valence-electron chi connectivity index (χ4n) is 3.55. The van der Waals surface area contributed by atoms with E-state index in [1.165, 1.54) is 43.2 Å². The van der Waals surface area contributed by atoms with Gasteiger partial charge in [0.25, 0.3) is 0 Å². The Bertz CT molecular complexity index is 410. The van der Waals surface area contributed by atoms with Crippen molar-refractivity contribution < 1.29 is 5.11 Å². The van der Waals surface area contributed by atoms with Gasteiger partial charge in [-0.3, -0.25) is 0 Å². The number of rotatable bonds is 3. The molecule has 1 aromatic carbocycles. The number of phenols is 1. The van der Waals surface area contributed by atoms with Crippen LogP contribution in [-0.2, 0) is 6.42 Å². The number of benzene rings is 1. The second kappa shape index (κ2) is 5.31. The van der Waals surface area contributed by atoms with Crippen LogP contribution in [0.5, 0.6) is 5.75 Å². The van der Waals surface area contributed by atoms with Crippen LogP contribution in [0, 0.1) is 5.92 Å². The molecule has 2 N–H and O–H groups in total. The van der Waals surface area contributed by atoms with Crippen molar-refractivity contribution >= 4 is 0 Å². The lowest BCUT2D eigenvalue weighted by molar-refractivity contribution is 0.327. The van der Waals surface area contributed by atoms with Gasteiger partial charge < -0.3 is 10.4 Å². The summed E-state index contributed by atoms with van der Waals surface area (Å²) < 4.78 is 0. The quantitative estimate of drug-likeness (QED) is 0.853. The van der Waals surface area contributed by atoms with Gasteiger partial charge in [-0.25, -0.2) is 0 Å². The Kier molecular flexibility index (Phi) is 3.55. The molecule has 1 aromatic rings. The molecule has 0 heterocycles. The Hall–Kier alpha value is -1.02. The molecule has 0 saturated heterocycles. The molecule has 1 unspecified atom stereocenters. The maximum atomic E-state index is 9.84. The lowest BCUT2D eigenvalue weighted by Gasteiger charge is -2.24. The van der Waals surface area contributed by atoms with Crippen molar-refractivity contribution in [3.05, 3.63) is 29.3 Å². The molecule has 2 heteroatoms. The molecule has 1 atom stereocenters. The first-order chi connectivity index (χ1) is 8.84. The molecule has 2 nitrogen and oxygen atoms in total. The molecule has 2 aliphatic carbocycles. The predicted octanol–water partition coefficient (Wildman–Crippen LogP) is 3.55. The summed E-state index contributed by atoms with van der Waals surface area (Å²) in [6.45, 7) is 1.15. The standard InChI is InChI=1S/C16H23NO/c18-16-8-4-7-13-14(16)9-10-15(13)17-11-12-5-2-1-3-6-12/h4,7-8,12,15,17-18H,1-3,5-6,9-11H2. The van der Waals surface area contributed by atoms with Crippen molar-refractivity contribution in [3.63, 3.8) is 0 Å². The molecule has 0 bridgehead atoms. The minimum Gasteiger partial charge on any atom is -0.508 e. The van der Waals surface area contributed by atoms with Gasteiger partial charge in [-0.15, -0.1) is 0 Å². The van der Waals surface area contributed by atoms with E-state index in [2.05, 4.69) is 11.4 Å². The molecule has 0 amide bonds. The highest BCUT2D eigenvalue weighted by atomic mass is 16.3. The van der Waals surface area contributed by atoms with Gasteiger partial charge in [-0.2, -0.15) is 0 Å². The van der Waals surface area contributed by atoms with Gasteiger partial charge in [0.2, 0.25) is 0 Å². The summed E-state index contributed by atoms with van der Waals surface area (Å²) in [6.07, 6.45) is 9.20. The summed E-state index contributed by atoms with van der Waals surface area (Å²) >= 11 is 0. The first kappa shape index (κ1) is 12.0. The average Bonchev–Trinajstić information content (AvgIpc) is 2.82. The largest absolute Gasteiger partial charge is 0.508 e. The number of fused-ring (bicyclic) bond motifs is 1. The minimum absolute atomic E-state index is 0.467. The van der Waals surface area contributed by atoms with E-state index in [0.29, 0.717) is 11.8 Å². The molecule has 1 fully saturated rings. The zero-order valence-electron chi connectivity index (χ0n) is 11.0. The zero-order valence-corrected chi connectivity index (χ0v) is 11.0. The van der Waals surface area contributed by atoms with E-state index in [0.717, 1.165) is 25.3 Å². The number of aromatic hydroxyl groups is 1. The van der Waals surface area contributed by atoms with Crippen molar-refractivity contribution in [2.75, 3.05) is 6.54 Å². The van der Waals surface area contributed by atoms with Crippen LogP contribution in [0.1, 0.15) is 55.7 Å². The Labute approximate surface area is 109 Å². The Morgan fingerprint density at radius 3 is 2.78 bits per heavy atom. The van der Waals surface area contributed by atoms with Crippen LogP contribution in [0.3, 0.4) is 0 Å². The topological polar surface area (TPSA) is 32.3 Å². The highest BCUT2D eigenvalue weighted by molar-refractivity contribution is 5.44. The van der Waals surface area contributed by atoms with E-state index in [1.54, 1.807) is 0 Å². The summed E-state index contributed by atoms with van der Waals surface area (Å²) in [5, 5.41) is 13.6. The first-order valence-electron chi connectivity index (χ1n) is 7.39. The van der Waals surface area contributed by atoms with Crippen molar-refractivity contribution in [2.24, 2.45) is 5.92 Å². The lowest BCUT2D eigenvalue weighted by atomic mass is 9.89. The molecular formula is C16H23NO. The van der Waals surface area contributed by atoms with Crippen LogP contribution in [-0.4, -0.2) is 11.7 Å². The molecule has 98 valence electrons. The molecule has 0 aromatic heterocycles. The van der Waals surface area contributed by atoms with Crippen molar-refractivity contribution in [2.45, 2.75) is 51.0 Å². The predicted molar refractivity (Wildman–Crippen MR) is 73.7 cm³/mol. The van der Waals surface area contributed by atoms with Crippen LogP contribution in [0.15, 0.2) is 18.2 Å². The number of hydrogen-bond donors (Lipinski definition) is 2. The SMILES string of the molecule is Oc1cccc2c1CCC2NCC1CCCCC1. The average molecular weight is 245 g/mol. The summed E-state index contributed by atoms with van der Waals surface area (Å²) in [5.74, 6) is 1.36. The van der Waals surface area contributed by atoms with Crippen LogP contribution < -0.4 is 5.32 Å². The van der Waals surface area contributed by atoms with E-state index in [-0.39, 0.29) is 0 Å². The number of hydrogen-bond acceptors (Lipinski definition) is 2. The number of nitrogens with one attached hydrogen (secondary N) is 1. The first-order valence-corrected chi connectivity index (χ1v) is 7.39. The van der Waals surface area contributed by atoms with E-state index < -0.39 is 0 Å². The van der Waals surface area contributed by atoms with Crippen molar-refractivity contribution in [1.82, 2.24) is 5.32 Å². The monoisotopic (exact) mass is 245 g/mol. The molecule has 3 rings (SSSR count). The van der Waals surface area contributed by atoms with Gasteiger partial charge in [-0.05, 0) is 55.3 Å². The van der Waals surface area contributed by atoms with Crippen LogP contribution in [0.25, 0.3) is 0 Å². The van der Waals surface area contributed by atoms with E-state index in [4.69, 9.17) is 0 Å². The molecular weight excluding hydrogens is 222 g/mol. The van der Waals surface area contributed by atoms with Crippen molar-refractivity contribution in [1.29, 1.82) is 0 Å². The number of phenolic OH excluding ortho intramolecular Hbond substituents is 1. The highest BCUT2D eigenvalue weighted by Crippen LogP contribution is 2.36. The molecule has 2 aliphatic rings. The third kappa shape index (κ3) is 2.39. The van der Waals surface area contributed by atoms with Gasteiger partial charge in [-0.1, -0.05) is 31.4 Å². The van der Waals surface area contributed by atoms with Gasteiger partial charge in [0.05, 0.1) is 0 Å². The second-order valence-electron chi connectivity index (χ2n) is 5.85. The molecule has 0 radical (unpaired) electrons. The van der Waals surface area contributed by atoms with E-state index in [1.807, 2.05) is 12.1 Å². The Morgan fingerprint density at radius 2 is 1.94 bits per heavy atom. The molecule has 1 saturated carbocycles. The third-order valence-electron chi connectivity index (χ3n) is 4.62. The van der Waals surface area contributed by atoms with Gasteiger partial charge in [0, 0.05) is 6.04 Å². The van der Waals surface area contributed by atoms with E-state index in [9.17, 15) is 5.11 Å². The smallest absolute Gasteiger partial charge is 0.119 e. The molecule has 0 aliphatic heterocycles. The zero-order chi connectivity index (χ0) is 12.4. The fourth-order valence-corrected chi connectivity index (χ4v) is 3.55. The van der Waals surface area contributed by atoms with Crippen LogP contribution in [0.2, 0.25) is 0 Å². The van der Waals surface area contributed by atoms with Crippen LogP contribution in [0.4, 0.5) is 0 Å². The molecule has 18 heavy (non-hydrogen) atoms.